The molecule has 3 rings (SSSR count). The minimum Gasteiger partial charge on any atom is -0.340 e. The molecule has 1 aliphatic rings. The summed E-state index contributed by atoms with van der Waals surface area (Å²) in [6.07, 6.45) is 5.06. The Kier molecular flexibility index (Phi) is 4.39. The van der Waals surface area contributed by atoms with Gasteiger partial charge in [0.15, 0.2) is 0 Å². The van der Waals surface area contributed by atoms with Gasteiger partial charge in [-0.15, -0.1) is 0 Å². The Hall–Kier alpha value is -1.88. The third-order valence-electron chi connectivity index (χ3n) is 4.92. The molecule has 5 heteroatoms. The molecule has 3 heterocycles. The summed E-state index contributed by atoms with van der Waals surface area (Å²) >= 11 is 0. The number of rotatable bonds is 5. The number of carbonyl (C=O) groups excluding carboxylic acids is 1. The van der Waals surface area contributed by atoms with Gasteiger partial charge < -0.3 is 9.30 Å². The lowest BCUT2D eigenvalue weighted by molar-refractivity contribution is -0.137. The lowest BCUT2D eigenvalue weighted by Crippen LogP contribution is -2.52. The van der Waals surface area contributed by atoms with Crippen LogP contribution in [0, 0.1) is 0 Å². The second-order valence-corrected chi connectivity index (χ2v) is 6.82. The van der Waals surface area contributed by atoms with E-state index in [9.17, 15) is 4.79 Å². The average molecular weight is 314 g/mol. The van der Waals surface area contributed by atoms with E-state index >= 15 is 0 Å². The molecule has 124 valence electrons. The van der Waals surface area contributed by atoms with Crippen LogP contribution in [0.3, 0.4) is 0 Å². The molecular formula is C18H26N4O. The number of amides is 1. The highest BCUT2D eigenvalue weighted by Gasteiger charge is 2.34. The number of pyridine rings is 1. The Balaban J connectivity index is 1.64. The van der Waals surface area contributed by atoms with Gasteiger partial charge in [-0.3, -0.25) is 9.69 Å². The number of carbonyl (C=O) groups is 1. The van der Waals surface area contributed by atoms with Crippen LogP contribution >= 0.6 is 0 Å². The van der Waals surface area contributed by atoms with Gasteiger partial charge in [0.1, 0.15) is 0 Å². The molecule has 1 amide bonds. The van der Waals surface area contributed by atoms with Crippen molar-refractivity contribution in [1.29, 1.82) is 0 Å². The second kappa shape index (κ2) is 6.32. The molecule has 0 spiro atoms. The third kappa shape index (κ3) is 3.11. The fourth-order valence-corrected chi connectivity index (χ4v) is 2.94. The summed E-state index contributed by atoms with van der Waals surface area (Å²) < 4.78 is 2.10. The van der Waals surface area contributed by atoms with E-state index < -0.39 is 0 Å². The summed E-state index contributed by atoms with van der Waals surface area (Å²) in [7, 11) is 1.99. The van der Waals surface area contributed by atoms with E-state index in [0.717, 1.165) is 25.2 Å². The molecule has 0 unspecified atom stereocenters. The smallest absolute Gasteiger partial charge is 0.236 e. The Labute approximate surface area is 137 Å². The normalized spacial score (nSPS) is 15.7. The largest absolute Gasteiger partial charge is 0.340 e. The van der Waals surface area contributed by atoms with Gasteiger partial charge in [0.25, 0.3) is 0 Å². The van der Waals surface area contributed by atoms with Crippen LogP contribution < -0.4 is 0 Å². The van der Waals surface area contributed by atoms with Crippen LogP contribution in [0.25, 0.3) is 5.52 Å². The Morgan fingerprint density at radius 1 is 1.39 bits per heavy atom. The van der Waals surface area contributed by atoms with Gasteiger partial charge in [0.05, 0.1) is 24.1 Å². The van der Waals surface area contributed by atoms with Gasteiger partial charge in [-0.25, -0.2) is 4.98 Å². The van der Waals surface area contributed by atoms with Gasteiger partial charge >= 0.3 is 0 Å². The van der Waals surface area contributed by atoms with Crippen LogP contribution in [0.1, 0.15) is 37.9 Å². The molecular weight excluding hydrogens is 288 g/mol. The molecule has 5 nitrogen and oxygen atoms in total. The highest BCUT2D eigenvalue weighted by Crippen LogP contribution is 2.29. The number of hydrogen-bond acceptors (Lipinski definition) is 3. The first-order chi connectivity index (χ1) is 11.0. The first kappa shape index (κ1) is 16.0. The zero-order chi connectivity index (χ0) is 16.6. The van der Waals surface area contributed by atoms with Gasteiger partial charge in [0, 0.05) is 31.2 Å². The predicted octanol–water partition coefficient (Wildman–Crippen LogP) is 2.16. The zero-order valence-corrected chi connectivity index (χ0v) is 14.5. The quantitative estimate of drug-likeness (QED) is 0.849. The number of nitrogens with zero attached hydrogens (tertiary/aromatic N) is 4. The second-order valence-electron chi connectivity index (χ2n) is 6.82. The van der Waals surface area contributed by atoms with E-state index in [1.54, 1.807) is 0 Å². The molecule has 2 aromatic rings. The molecule has 1 aliphatic heterocycles. The molecule has 0 aliphatic carbocycles. The molecule has 0 aromatic carbocycles. The van der Waals surface area contributed by atoms with Crippen molar-refractivity contribution in [1.82, 2.24) is 19.2 Å². The molecule has 0 atom stereocenters. The van der Waals surface area contributed by atoms with Gasteiger partial charge in [-0.2, -0.15) is 0 Å². The average Bonchev–Trinajstić information content (AvgIpc) is 2.88. The van der Waals surface area contributed by atoms with Crippen molar-refractivity contribution in [3.8, 4) is 0 Å². The van der Waals surface area contributed by atoms with Crippen molar-refractivity contribution < 1.29 is 4.79 Å². The summed E-state index contributed by atoms with van der Waals surface area (Å²) in [5, 5.41) is 0. The number of likely N-dealkylation sites (N-methyl/N-ethyl adjacent to an activating group) is 1. The van der Waals surface area contributed by atoms with Crippen LogP contribution in [0.2, 0.25) is 0 Å². The number of fused-ring (bicyclic) bond motifs is 1. The standard InChI is InChI=1S/C18H26N4O/c1-5-14-6-7-16-18(19-12-22(16)8-14)15-9-21(10-15)17(23)11-20(4)13(2)3/h6-8,12-13,15H,5,9-11H2,1-4H3. The van der Waals surface area contributed by atoms with E-state index in [4.69, 9.17) is 0 Å². The van der Waals surface area contributed by atoms with Crippen molar-refractivity contribution >= 4 is 11.4 Å². The van der Waals surface area contributed by atoms with E-state index in [0.29, 0.717) is 18.5 Å². The number of aryl methyl sites for hydroxylation is 1. The summed E-state index contributed by atoms with van der Waals surface area (Å²) in [6.45, 7) is 8.43. The van der Waals surface area contributed by atoms with Crippen LogP contribution in [0.5, 0.6) is 0 Å². The molecule has 0 N–H and O–H groups in total. The Morgan fingerprint density at radius 3 is 2.78 bits per heavy atom. The maximum Gasteiger partial charge on any atom is 0.236 e. The summed E-state index contributed by atoms with van der Waals surface area (Å²) in [4.78, 5) is 20.9. The third-order valence-corrected chi connectivity index (χ3v) is 4.92. The molecule has 1 saturated heterocycles. The first-order valence-corrected chi connectivity index (χ1v) is 8.43. The minimum absolute atomic E-state index is 0.217. The first-order valence-electron chi connectivity index (χ1n) is 8.43. The summed E-state index contributed by atoms with van der Waals surface area (Å²) in [5.41, 5.74) is 3.59. The highest BCUT2D eigenvalue weighted by atomic mass is 16.2. The lowest BCUT2D eigenvalue weighted by atomic mass is 9.95. The minimum atomic E-state index is 0.217. The van der Waals surface area contributed by atoms with Crippen LogP contribution in [-0.2, 0) is 11.2 Å². The van der Waals surface area contributed by atoms with Crippen molar-refractivity contribution in [2.24, 2.45) is 0 Å². The van der Waals surface area contributed by atoms with Crippen molar-refractivity contribution in [2.75, 3.05) is 26.7 Å². The maximum absolute atomic E-state index is 12.3. The van der Waals surface area contributed by atoms with Crippen molar-refractivity contribution in [3.63, 3.8) is 0 Å². The number of aromatic nitrogens is 2. The Morgan fingerprint density at radius 2 is 2.13 bits per heavy atom. The molecule has 23 heavy (non-hydrogen) atoms. The van der Waals surface area contributed by atoms with E-state index in [2.05, 4.69) is 53.4 Å². The highest BCUT2D eigenvalue weighted by molar-refractivity contribution is 5.79. The fraction of sp³-hybridized carbons (Fsp3) is 0.556. The van der Waals surface area contributed by atoms with Gasteiger partial charge in [-0.1, -0.05) is 13.0 Å². The van der Waals surface area contributed by atoms with Gasteiger partial charge in [0.2, 0.25) is 5.91 Å². The van der Waals surface area contributed by atoms with Crippen LogP contribution in [-0.4, -0.2) is 57.8 Å². The number of hydrogen-bond donors (Lipinski definition) is 0. The van der Waals surface area contributed by atoms with E-state index in [1.807, 2.05) is 18.3 Å². The monoisotopic (exact) mass is 314 g/mol. The molecule has 0 saturated carbocycles. The summed E-state index contributed by atoms with van der Waals surface area (Å²) in [5.74, 6) is 0.579. The van der Waals surface area contributed by atoms with E-state index in [1.165, 1.54) is 11.1 Å². The van der Waals surface area contributed by atoms with Crippen LogP contribution in [0.4, 0.5) is 0 Å². The fourth-order valence-electron chi connectivity index (χ4n) is 2.94. The van der Waals surface area contributed by atoms with Crippen LogP contribution in [0.15, 0.2) is 24.7 Å². The molecule has 0 bridgehead atoms. The number of imidazole rings is 1. The van der Waals surface area contributed by atoms with Crippen molar-refractivity contribution in [3.05, 3.63) is 35.9 Å². The van der Waals surface area contributed by atoms with Gasteiger partial charge in [-0.05, 0) is 38.9 Å². The predicted molar refractivity (Wildman–Crippen MR) is 91.7 cm³/mol. The number of likely N-dealkylation sites (tertiary alicyclic amines) is 1. The SMILES string of the molecule is CCc1ccc2c(C3CN(C(=O)CN(C)C(C)C)C3)ncn2c1. The molecule has 2 aromatic heterocycles. The van der Waals surface area contributed by atoms with Crippen molar-refractivity contribution in [2.45, 2.75) is 39.2 Å². The molecule has 0 radical (unpaired) electrons. The Bertz CT molecular complexity index is 700. The topological polar surface area (TPSA) is 40.9 Å². The zero-order valence-electron chi connectivity index (χ0n) is 14.5. The maximum atomic E-state index is 12.3. The molecule has 1 fully saturated rings. The van der Waals surface area contributed by atoms with E-state index in [-0.39, 0.29) is 5.91 Å². The summed E-state index contributed by atoms with van der Waals surface area (Å²) in [6, 6.07) is 4.71. The lowest BCUT2D eigenvalue weighted by Gasteiger charge is -2.39.